The van der Waals surface area contributed by atoms with Crippen LogP contribution in [0.1, 0.15) is 24.4 Å². The normalized spacial score (nSPS) is 17.0. The summed E-state index contributed by atoms with van der Waals surface area (Å²) in [4.78, 5) is 13.4. The second kappa shape index (κ2) is 9.59. The lowest BCUT2D eigenvalue weighted by Crippen LogP contribution is -2.33. The summed E-state index contributed by atoms with van der Waals surface area (Å²) in [5, 5.41) is 5.73. The average molecular weight is 521 g/mol. The Morgan fingerprint density at radius 1 is 0.974 bits per heavy atom. The molecule has 2 aromatic carbocycles. The van der Waals surface area contributed by atoms with Gasteiger partial charge in [0.1, 0.15) is 23.5 Å². The molecule has 4 heterocycles. The first-order valence-corrected chi connectivity index (χ1v) is 12.8. The minimum atomic E-state index is -0.295. The van der Waals surface area contributed by atoms with E-state index in [0.29, 0.717) is 29.5 Å². The van der Waals surface area contributed by atoms with Crippen molar-refractivity contribution in [2.45, 2.75) is 31.6 Å². The molecule has 194 valence electrons. The third-order valence-corrected chi connectivity index (χ3v) is 7.16. The zero-order valence-electron chi connectivity index (χ0n) is 21.2. The number of furan rings is 1. The van der Waals surface area contributed by atoms with E-state index in [1.807, 2.05) is 53.0 Å². The second-order valence-corrected chi connectivity index (χ2v) is 9.90. The van der Waals surface area contributed by atoms with Gasteiger partial charge in [-0.2, -0.15) is 5.10 Å². The highest BCUT2D eigenvalue weighted by molar-refractivity contribution is 5.95. The van der Waals surface area contributed by atoms with E-state index in [-0.39, 0.29) is 18.0 Å². The molecule has 0 amide bonds. The molecule has 0 bridgehead atoms. The molecule has 7 rings (SSSR count). The van der Waals surface area contributed by atoms with E-state index in [2.05, 4.69) is 27.1 Å². The van der Waals surface area contributed by atoms with E-state index >= 15 is 0 Å². The van der Waals surface area contributed by atoms with Crippen LogP contribution in [0.4, 0.5) is 4.39 Å². The number of imidazole rings is 1. The fourth-order valence-electron chi connectivity index (χ4n) is 4.99. The van der Waals surface area contributed by atoms with E-state index in [1.54, 1.807) is 18.5 Å². The summed E-state index contributed by atoms with van der Waals surface area (Å²) in [5.41, 5.74) is 5.41. The Kier molecular flexibility index (Phi) is 5.78. The van der Waals surface area contributed by atoms with E-state index in [9.17, 15) is 4.39 Å². The van der Waals surface area contributed by atoms with Gasteiger partial charge < -0.3 is 13.7 Å². The van der Waals surface area contributed by atoms with Crippen LogP contribution in [0.5, 0.6) is 0 Å². The lowest BCUT2D eigenvalue weighted by molar-refractivity contribution is -0.0383. The summed E-state index contributed by atoms with van der Waals surface area (Å²) in [7, 11) is 1.91. The smallest absolute Gasteiger partial charge is 0.230 e. The average Bonchev–Trinajstić information content (AvgIpc) is 3.67. The van der Waals surface area contributed by atoms with Crippen LogP contribution in [0.25, 0.3) is 45.1 Å². The minimum absolute atomic E-state index is 0.178. The predicted octanol–water partition coefficient (Wildman–Crippen LogP) is 6.21. The Morgan fingerprint density at radius 2 is 1.79 bits per heavy atom. The monoisotopic (exact) mass is 520 g/mol. The molecule has 9 heteroatoms. The van der Waals surface area contributed by atoms with Gasteiger partial charge in [-0.05, 0) is 48.7 Å². The summed E-state index contributed by atoms with van der Waals surface area (Å²) < 4.78 is 29.8. The van der Waals surface area contributed by atoms with Crippen LogP contribution in [0.3, 0.4) is 0 Å². The molecule has 0 N–H and O–H groups in total. The molecule has 0 radical (unpaired) electrons. The van der Waals surface area contributed by atoms with Gasteiger partial charge in [0.25, 0.3) is 0 Å². The Balaban J connectivity index is 1.22. The molecule has 6 aromatic rings. The van der Waals surface area contributed by atoms with Crippen molar-refractivity contribution < 1.29 is 13.5 Å². The molecule has 0 unspecified atom stereocenters. The molecule has 1 saturated carbocycles. The Bertz CT molecular complexity index is 1750. The first kappa shape index (κ1) is 23.5. The van der Waals surface area contributed by atoms with E-state index in [0.717, 1.165) is 35.0 Å². The zero-order valence-corrected chi connectivity index (χ0v) is 21.2. The van der Waals surface area contributed by atoms with Crippen LogP contribution in [0, 0.1) is 5.82 Å². The van der Waals surface area contributed by atoms with Crippen molar-refractivity contribution >= 4 is 11.1 Å². The maximum atomic E-state index is 13.8. The number of aryl methyl sites for hydroxylation is 1. The quantitative estimate of drug-likeness (QED) is 0.249. The topological polar surface area (TPSA) is 83.8 Å². The van der Waals surface area contributed by atoms with Gasteiger partial charge in [0.15, 0.2) is 5.76 Å². The van der Waals surface area contributed by atoms with Crippen molar-refractivity contribution in [2.75, 3.05) is 0 Å². The molecule has 0 aliphatic heterocycles. The number of benzene rings is 2. The minimum Gasteiger partial charge on any atom is -0.436 e. The maximum absolute atomic E-state index is 13.8. The van der Waals surface area contributed by atoms with Gasteiger partial charge in [0.2, 0.25) is 5.71 Å². The van der Waals surface area contributed by atoms with Crippen molar-refractivity contribution in [1.29, 1.82) is 0 Å². The van der Waals surface area contributed by atoms with Crippen molar-refractivity contribution in [3.8, 4) is 34.0 Å². The van der Waals surface area contributed by atoms with E-state index in [1.165, 1.54) is 24.0 Å². The highest BCUT2D eigenvalue weighted by atomic mass is 19.1. The number of hydrogen-bond acceptors (Lipinski definition) is 6. The fourth-order valence-corrected chi connectivity index (χ4v) is 4.99. The fraction of sp³-hybridized carbons (Fsp3) is 0.200. The van der Waals surface area contributed by atoms with Crippen LogP contribution in [0.15, 0.2) is 90.1 Å². The van der Waals surface area contributed by atoms with Crippen LogP contribution in [-0.4, -0.2) is 35.4 Å². The number of ether oxygens (including phenoxy) is 1. The number of halogens is 1. The lowest BCUT2D eigenvalue weighted by atomic mass is 9.89. The summed E-state index contributed by atoms with van der Waals surface area (Å²) in [6.45, 7) is 0.599. The predicted molar refractivity (Wildman–Crippen MR) is 144 cm³/mol. The largest absolute Gasteiger partial charge is 0.436 e. The Labute approximate surface area is 223 Å². The molecule has 1 aliphatic rings. The highest BCUT2D eigenvalue weighted by Crippen LogP contribution is 2.40. The third kappa shape index (κ3) is 4.51. The van der Waals surface area contributed by atoms with Gasteiger partial charge in [0, 0.05) is 30.6 Å². The van der Waals surface area contributed by atoms with Crippen LogP contribution in [-0.2, 0) is 18.4 Å². The van der Waals surface area contributed by atoms with Crippen molar-refractivity contribution in [3.63, 3.8) is 0 Å². The molecule has 0 spiro atoms. The lowest BCUT2D eigenvalue weighted by Gasteiger charge is -2.35. The highest BCUT2D eigenvalue weighted by Gasteiger charge is 2.33. The van der Waals surface area contributed by atoms with Gasteiger partial charge in [-0.3, -0.25) is 4.68 Å². The van der Waals surface area contributed by atoms with Crippen LogP contribution in [0.2, 0.25) is 0 Å². The standard InChI is InChI=1S/C30H25FN6O2/c1-36-15-26(34-18-36)27-13-24-29(32-17-33-30(24)39-27)25-14-37(35-28(25)20-7-9-21(31)10-8-20)22-11-23(12-22)38-16-19-5-3-2-4-6-19/h2-10,13-15,17-18,22-23H,11-12,16H2,1H3/t22-,23-. The maximum Gasteiger partial charge on any atom is 0.230 e. The van der Waals surface area contributed by atoms with Gasteiger partial charge in [-0.1, -0.05) is 30.3 Å². The second-order valence-electron chi connectivity index (χ2n) is 9.90. The van der Waals surface area contributed by atoms with Crippen molar-refractivity contribution in [1.82, 2.24) is 29.3 Å². The van der Waals surface area contributed by atoms with Gasteiger partial charge >= 0.3 is 0 Å². The SMILES string of the molecule is Cn1cnc(-c2cc3c(-c4cn([C@H]5C[C@H](OCc6ccccc6)C5)nc4-c4ccc(F)cc4)ncnc3o2)c1. The molecule has 4 aromatic heterocycles. The molecule has 0 atom stereocenters. The van der Waals surface area contributed by atoms with E-state index in [4.69, 9.17) is 14.3 Å². The number of fused-ring (bicyclic) bond motifs is 1. The Morgan fingerprint density at radius 3 is 2.56 bits per heavy atom. The number of hydrogen-bond donors (Lipinski definition) is 0. The Hall–Kier alpha value is -4.63. The summed E-state index contributed by atoms with van der Waals surface area (Å²) in [6.07, 6.45) is 9.04. The van der Waals surface area contributed by atoms with Crippen LogP contribution >= 0.6 is 0 Å². The van der Waals surface area contributed by atoms with E-state index < -0.39 is 0 Å². The molecule has 1 aliphatic carbocycles. The molecule has 0 saturated heterocycles. The molecular weight excluding hydrogens is 495 g/mol. The zero-order chi connectivity index (χ0) is 26.3. The summed E-state index contributed by atoms with van der Waals surface area (Å²) in [6, 6.07) is 18.7. The molecular formula is C30H25FN6O2. The van der Waals surface area contributed by atoms with Gasteiger partial charge in [0.05, 0.1) is 36.2 Å². The molecule has 1 fully saturated rings. The summed E-state index contributed by atoms with van der Waals surface area (Å²) in [5.74, 6) is 0.317. The van der Waals surface area contributed by atoms with Gasteiger partial charge in [-0.25, -0.2) is 19.3 Å². The van der Waals surface area contributed by atoms with Crippen LogP contribution < -0.4 is 0 Å². The molecule has 8 nitrogen and oxygen atoms in total. The summed E-state index contributed by atoms with van der Waals surface area (Å²) >= 11 is 0. The molecule has 39 heavy (non-hydrogen) atoms. The number of aromatic nitrogens is 6. The van der Waals surface area contributed by atoms with Gasteiger partial charge in [-0.15, -0.1) is 0 Å². The van der Waals surface area contributed by atoms with Crippen molar-refractivity contribution in [3.05, 3.63) is 97.1 Å². The third-order valence-electron chi connectivity index (χ3n) is 7.16. The first-order chi connectivity index (χ1) is 19.1. The van der Waals surface area contributed by atoms with Crippen molar-refractivity contribution in [2.24, 2.45) is 7.05 Å². The first-order valence-electron chi connectivity index (χ1n) is 12.8. The number of nitrogens with zero attached hydrogens (tertiary/aromatic N) is 6. The number of rotatable bonds is 7.